The van der Waals surface area contributed by atoms with Gasteiger partial charge in [0, 0.05) is 37.7 Å². The second-order valence-electron chi connectivity index (χ2n) is 25.0. The van der Waals surface area contributed by atoms with E-state index in [0.717, 1.165) is 13.8 Å². The van der Waals surface area contributed by atoms with E-state index < -0.39 is 144 Å². The van der Waals surface area contributed by atoms with Crippen LogP contribution in [0.3, 0.4) is 0 Å². The van der Waals surface area contributed by atoms with Crippen molar-refractivity contribution in [3.05, 3.63) is 119 Å². The number of Topliss-reactive ketones (excluding diaryl/α,β-unsaturated/α-hetero) is 1. The molecule has 3 N–H and O–H groups in total. The summed E-state index contributed by atoms with van der Waals surface area (Å²) in [5.74, 6) is -7.99. The lowest BCUT2D eigenvalue weighted by Gasteiger charge is -2.67. The van der Waals surface area contributed by atoms with Gasteiger partial charge in [0.1, 0.15) is 23.9 Å². The first-order chi connectivity index (χ1) is 37.0. The van der Waals surface area contributed by atoms with Crippen molar-refractivity contribution in [1.82, 2.24) is 5.32 Å². The Hall–Kier alpha value is -6.13. The zero-order valence-corrected chi connectivity index (χ0v) is 49.3. The Morgan fingerprint density at radius 1 is 0.750 bits per heavy atom. The van der Waals surface area contributed by atoms with Gasteiger partial charge in [0.25, 0.3) is 5.91 Å². The summed E-state index contributed by atoms with van der Waals surface area (Å²) in [5, 5.41) is 29.5. The Balaban J connectivity index is 1.50. The van der Waals surface area contributed by atoms with Gasteiger partial charge in [0.2, 0.25) is 0 Å². The lowest BCUT2D eigenvalue weighted by Crippen LogP contribution is -2.82. The van der Waals surface area contributed by atoms with E-state index in [0.29, 0.717) is 5.56 Å². The Kier molecular flexibility index (Phi) is 17.2. The number of fused-ring (bicyclic) bond motifs is 5. The number of carbonyl (C=O) groups excluding carboxylic acids is 7. The van der Waals surface area contributed by atoms with Gasteiger partial charge in [-0.2, -0.15) is 0 Å². The average Bonchev–Trinajstić information content (AvgIpc) is 1.63. The van der Waals surface area contributed by atoms with Crippen molar-refractivity contribution in [2.45, 2.75) is 182 Å². The van der Waals surface area contributed by atoms with E-state index >= 15 is 9.59 Å². The van der Waals surface area contributed by atoms with Gasteiger partial charge >= 0.3 is 38.9 Å². The summed E-state index contributed by atoms with van der Waals surface area (Å²) in [7, 11) is -5.11. The topological polar surface area (TPSA) is 255 Å². The number of aliphatic hydroxyl groups excluding tert-OH is 1. The minimum Gasteiger partial charge on any atom is -0.456 e. The molecule has 80 heavy (non-hydrogen) atoms. The molecule has 3 aromatic carbocycles. The molecule has 0 radical (unpaired) electrons. The zero-order valence-electron chi connectivity index (χ0n) is 48.3. The van der Waals surface area contributed by atoms with Crippen LogP contribution in [0.15, 0.2) is 102 Å². The van der Waals surface area contributed by atoms with E-state index in [-0.39, 0.29) is 35.3 Å². The third kappa shape index (κ3) is 12.1. The lowest BCUT2D eigenvalue weighted by molar-refractivity contribution is -0.346. The Morgan fingerprint density at radius 3 is 1.77 bits per heavy atom. The van der Waals surface area contributed by atoms with Gasteiger partial charge < -0.3 is 56.9 Å². The van der Waals surface area contributed by atoms with Crippen LogP contribution in [0.1, 0.15) is 149 Å². The number of rotatable bonds is 15. The van der Waals surface area contributed by atoms with Crippen molar-refractivity contribution >= 4 is 50.6 Å². The normalized spacial score (nSPS) is 28.2. The molecule has 3 fully saturated rings. The maximum absolute atomic E-state index is 16.1. The van der Waals surface area contributed by atoms with Crippen LogP contribution >= 0.6 is 0 Å². The number of hydrogen-bond acceptors (Lipinski definition) is 18. The molecule has 11 atom stereocenters. The van der Waals surface area contributed by atoms with Crippen LogP contribution in [-0.2, 0) is 65.4 Å². The highest BCUT2D eigenvalue weighted by atomic mass is 28.4. The lowest BCUT2D eigenvalue weighted by atomic mass is 9.44. The fourth-order valence-corrected chi connectivity index (χ4v) is 14.4. The monoisotopic (exact) mass is 1130 g/mol. The van der Waals surface area contributed by atoms with Crippen LogP contribution in [0.25, 0.3) is 0 Å². The summed E-state index contributed by atoms with van der Waals surface area (Å²) < 4.78 is 57.9. The highest BCUT2D eigenvalue weighted by Gasteiger charge is 2.78. The molecule has 1 aliphatic heterocycles. The van der Waals surface area contributed by atoms with Gasteiger partial charge in [-0.05, 0) is 117 Å². The van der Waals surface area contributed by atoms with Crippen LogP contribution in [-0.4, -0.2) is 126 Å². The van der Waals surface area contributed by atoms with Gasteiger partial charge in [-0.25, -0.2) is 9.59 Å². The zero-order chi connectivity index (χ0) is 59.3. The molecule has 0 aromatic heterocycles. The van der Waals surface area contributed by atoms with E-state index in [4.69, 9.17) is 41.4 Å². The molecule has 4 aliphatic rings. The predicted molar refractivity (Wildman–Crippen MR) is 290 cm³/mol. The highest BCUT2D eigenvalue weighted by molar-refractivity contribution is 6.56. The van der Waals surface area contributed by atoms with Crippen LogP contribution in [0, 0.1) is 22.2 Å². The standard InChI is InChI=1S/C60H77NO18Si/c1-34-40(73-52(68)46(44(37-25-19-16-20-26-37)61-50(66)38-27-21-17-22-28-38)76-80(78-55(7,8)9,79-56(10,11)12)77-53(69)54(4,5)6)32-60(70)49(74-51(67)39-29-23-18-24-30-39)47-58(15,41(64)31-42-59(47,33-71-42)75-36(3)63)48(65)45(72-35(2)62)43(34)57(60,13)14/h16-30,40-42,44-47,49,64,70H,31-33H2,1-15H3,(H,61,66)/t40-,41-,42+,44-,45+,46+,47-,49-,58+,59-,60+/m0/s1. The van der Waals surface area contributed by atoms with E-state index in [2.05, 4.69) is 5.32 Å². The van der Waals surface area contributed by atoms with E-state index in [1.165, 1.54) is 26.0 Å². The van der Waals surface area contributed by atoms with Gasteiger partial charge in [0.15, 0.2) is 23.6 Å². The molecule has 20 heteroatoms. The number of benzene rings is 3. The minimum absolute atomic E-state index is 0.0334. The first-order valence-corrected chi connectivity index (χ1v) is 28.5. The number of hydrogen-bond donors (Lipinski definition) is 3. The molecular weight excluding hydrogens is 1050 g/mol. The van der Waals surface area contributed by atoms with Crippen molar-refractivity contribution in [2.24, 2.45) is 22.2 Å². The van der Waals surface area contributed by atoms with Crippen LogP contribution < -0.4 is 5.32 Å². The molecule has 1 heterocycles. The summed E-state index contributed by atoms with van der Waals surface area (Å²) >= 11 is 0. The molecule has 19 nitrogen and oxygen atoms in total. The van der Waals surface area contributed by atoms with Crippen LogP contribution in [0.4, 0.5) is 0 Å². The molecule has 1 amide bonds. The van der Waals surface area contributed by atoms with Crippen molar-refractivity contribution in [2.75, 3.05) is 6.61 Å². The Morgan fingerprint density at radius 2 is 1.29 bits per heavy atom. The van der Waals surface area contributed by atoms with Crippen LogP contribution in [0.2, 0.25) is 0 Å². The Labute approximate surface area is 468 Å². The number of ether oxygens (including phenoxy) is 5. The third-order valence-electron chi connectivity index (χ3n) is 15.4. The molecule has 434 valence electrons. The number of amides is 1. The summed E-state index contributed by atoms with van der Waals surface area (Å²) in [6.07, 6.45) is -11.2. The van der Waals surface area contributed by atoms with E-state index in [1.54, 1.807) is 155 Å². The van der Waals surface area contributed by atoms with Crippen molar-refractivity contribution in [3.8, 4) is 0 Å². The summed E-state index contributed by atoms with van der Waals surface area (Å²) in [5.41, 5.74) is -11.3. The minimum atomic E-state index is -5.11. The number of nitrogens with one attached hydrogen (secondary N) is 1. The maximum Gasteiger partial charge on any atom is 0.753 e. The van der Waals surface area contributed by atoms with Gasteiger partial charge in [-0.15, -0.1) is 0 Å². The number of ketones is 1. The second-order valence-corrected chi connectivity index (χ2v) is 26.9. The molecule has 2 bridgehead atoms. The molecular formula is C60H77NO18Si. The molecule has 3 aliphatic carbocycles. The third-order valence-corrected chi connectivity index (χ3v) is 18.1. The molecule has 2 saturated carbocycles. The maximum atomic E-state index is 16.1. The van der Waals surface area contributed by atoms with Crippen molar-refractivity contribution in [3.63, 3.8) is 0 Å². The summed E-state index contributed by atoms with van der Waals surface area (Å²) in [4.78, 5) is 102. The summed E-state index contributed by atoms with van der Waals surface area (Å²) in [6, 6.07) is 22.8. The van der Waals surface area contributed by atoms with E-state index in [1.807, 2.05) is 0 Å². The summed E-state index contributed by atoms with van der Waals surface area (Å²) in [6.45, 7) is 22.7. The number of carbonyl (C=O) groups is 7. The van der Waals surface area contributed by atoms with E-state index in [9.17, 15) is 34.2 Å². The Bertz CT molecular complexity index is 2860. The van der Waals surface area contributed by atoms with Gasteiger partial charge in [0.05, 0.1) is 52.3 Å². The molecule has 7 rings (SSSR count). The number of esters is 4. The molecule has 0 spiro atoms. The predicted octanol–water partition coefficient (Wildman–Crippen LogP) is 7.42. The molecule has 1 saturated heterocycles. The largest absolute Gasteiger partial charge is 0.753 e. The second kappa shape index (κ2) is 22.3. The molecule has 3 aromatic rings. The highest BCUT2D eigenvalue weighted by Crippen LogP contribution is 2.64. The van der Waals surface area contributed by atoms with Crippen molar-refractivity contribution < 1.29 is 85.2 Å². The fourth-order valence-electron chi connectivity index (χ4n) is 11.6. The quantitative estimate of drug-likeness (QED) is 0.0579. The fraction of sp³-hybridized carbons (Fsp3) is 0.550. The first-order valence-electron chi connectivity index (χ1n) is 26.8. The van der Waals surface area contributed by atoms with Gasteiger partial charge in [-0.3, -0.25) is 24.0 Å². The van der Waals surface area contributed by atoms with Crippen molar-refractivity contribution in [1.29, 1.82) is 0 Å². The molecule has 0 unspecified atom stereocenters. The van der Waals surface area contributed by atoms with Gasteiger partial charge in [-0.1, -0.05) is 80.6 Å². The SMILES string of the molecule is CC(=O)O[C@H]1C(=O)[C@@]2(C)[C@H]([C@H](OC(=O)c3ccccc3)[C@]3(O)C[C@H](OC(=O)[C@H](O[Si](OC(=O)C(C)(C)C)(OC(C)(C)C)OC(C)(C)C)[C@@H](NC(=O)c4ccccc4)c4ccccc4)C(C)=C1C3(C)C)[C@]1(OC(C)=O)CO[C@@H]1C[C@@H]2O. The number of aliphatic hydroxyl groups is 2. The average molecular weight is 1130 g/mol. The smallest absolute Gasteiger partial charge is 0.456 e. The van der Waals surface area contributed by atoms with Crippen LogP contribution in [0.5, 0.6) is 0 Å². The first kappa shape index (κ1) is 61.5.